The van der Waals surface area contributed by atoms with Gasteiger partial charge in [0.15, 0.2) is 5.65 Å². The van der Waals surface area contributed by atoms with Gasteiger partial charge in [0.05, 0.1) is 17.1 Å². The van der Waals surface area contributed by atoms with Crippen molar-refractivity contribution in [3.63, 3.8) is 0 Å². The number of halogens is 1. The second-order valence-electron chi connectivity index (χ2n) is 6.98. The van der Waals surface area contributed by atoms with E-state index in [1.165, 1.54) is 6.20 Å². The Morgan fingerprint density at radius 3 is 2.87 bits per heavy atom. The Morgan fingerprint density at radius 1 is 1.40 bits per heavy atom. The number of anilines is 2. The van der Waals surface area contributed by atoms with Crippen LogP contribution in [0.1, 0.15) is 29.7 Å². The van der Waals surface area contributed by atoms with Crippen LogP contribution < -0.4 is 15.8 Å². The molecule has 3 aromatic rings. The first-order valence-electron chi connectivity index (χ1n) is 9.28. The van der Waals surface area contributed by atoms with Crippen LogP contribution in [0.2, 0.25) is 5.02 Å². The van der Waals surface area contributed by atoms with Crippen LogP contribution in [0.3, 0.4) is 0 Å². The number of hydrogen-bond acceptors (Lipinski definition) is 5. The van der Waals surface area contributed by atoms with E-state index in [9.17, 15) is 14.4 Å². The SMILES string of the molecule is Cc1nc2c(C#N)c[nH]n2c(=O)c1CC(=O)Nc1ccc(N2CCCC2=O)c(Cl)c1. The summed E-state index contributed by atoms with van der Waals surface area (Å²) in [5.41, 5.74) is 1.71. The molecule has 0 unspecified atom stereocenters. The zero-order valence-electron chi connectivity index (χ0n) is 16.0. The number of nitrogens with one attached hydrogen (secondary N) is 2. The molecular weight excluding hydrogens is 408 g/mol. The average molecular weight is 425 g/mol. The highest BCUT2D eigenvalue weighted by Crippen LogP contribution is 2.31. The van der Waals surface area contributed by atoms with Gasteiger partial charge in [-0.15, -0.1) is 0 Å². The Hall–Kier alpha value is -3.64. The third-order valence-electron chi connectivity index (χ3n) is 5.02. The normalized spacial score (nSPS) is 13.6. The number of fused-ring (bicyclic) bond motifs is 1. The van der Waals surface area contributed by atoms with Gasteiger partial charge >= 0.3 is 0 Å². The van der Waals surface area contributed by atoms with Crippen molar-refractivity contribution in [2.24, 2.45) is 0 Å². The second kappa shape index (κ2) is 7.65. The minimum atomic E-state index is -0.435. The summed E-state index contributed by atoms with van der Waals surface area (Å²) in [6.45, 7) is 2.24. The van der Waals surface area contributed by atoms with Crippen molar-refractivity contribution in [1.82, 2.24) is 14.6 Å². The molecule has 1 aromatic carbocycles. The van der Waals surface area contributed by atoms with Crippen LogP contribution >= 0.6 is 11.6 Å². The van der Waals surface area contributed by atoms with Gasteiger partial charge in [-0.05, 0) is 31.5 Å². The van der Waals surface area contributed by atoms with Gasteiger partial charge in [0.2, 0.25) is 11.8 Å². The van der Waals surface area contributed by atoms with Crippen molar-refractivity contribution in [2.75, 3.05) is 16.8 Å². The Bertz CT molecular complexity index is 1290. The summed E-state index contributed by atoms with van der Waals surface area (Å²) in [5.74, 6) is -0.388. The maximum atomic E-state index is 12.7. The largest absolute Gasteiger partial charge is 0.326 e. The van der Waals surface area contributed by atoms with Gasteiger partial charge in [0.25, 0.3) is 5.56 Å². The molecule has 2 amide bonds. The van der Waals surface area contributed by atoms with E-state index < -0.39 is 11.5 Å². The number of benzene rings is 1. The number of carbonyl (C=O) groups is 2. The van der Waals surface area contributed by atoms with Gasteiger partial charge in [-0.3, -0.25) is 19.5 Å². The molecule has 2 aromatic heterocycles. The molecule has 0 atom stereocenters. The lowest BCUT2D eigenvalue weighted by atomic mass is 10.1. The van der Waals surface area contributed by atoms with Crippen molar-refractivity contribution in [3.8, 4) is 6.07 Å². The van der Waals surface area contributed by atoms with Crippen LogP contribution in [-0.2, 0) is 16.0 Å². The lowest BCUT2D eigenvalue weighted by molar-refractivity contribution is -0.117. The van der Waals surface area contributed by atoms with E-state index in [1.54, 1.807) is 30.0 Å². The van der Waals surface area contributed by atoms with E-state index in [0.29, 0.717) is 35.1 Å². The molecule has 0 saturated carbocycles. The van der Waals surface area contributed by atoms with Crippen molar-refractivity contribution in [3.05, 3.63) is 56.6 Å². The molecule has 0 spiro atoms. The van der Waals surface area contributed by atoms with Crippen LogP contribution in [0.5, 0.6) is 0 Å². The maximum absolute atomic E-state index is 12.7. The van der Waals surface area contributed by atoms with E-state index in [0.717, 1.165) is 10.9 Å². The Kier molecular flexibility index (Phi) is 5.01. The first kappa shape index (κ1) is 19.7. The number of nitriles is 1. The van der Waals surface area contributed by atoms with Gasteiger partial charge < -0.3 is 10.2 Å². The highest BCUT2D eigenvalue weighted by Gasteiger charge is 2.24. The molecule has 2 N–H and O–H groups in total. The lowest BCUT2D eigenvalue weighted by Gasteiger charge is -2.18. The quantitative estimate of drug-likeness (QED) is 0.664. The lowest BCUT2D eigenvalue weighted by Crippen LogP contribution is -2.26. The fourth-order valence-electron chi connectivity index (χ4n) is 3.51. The molecule has 0 bridgehead atoms. The third kappa shape index (κ3) is 3.42. The zero-order chi connectivity index (χ0) is 21.4. The molecule has 1 aliphatic heterocycles. The van der Waals surface area contributed by atoms with Gasteiger partial charge in [-0.25, -0.2) is 9.50 Å². The zero-order valence-corrected chi connectivity index (χ0v) is 16.8. The molecule has 3 heterocycles. The van der Waals surface area contributed by atoms with Gasteiger partial charge in [0.1, 0.15) is 11.6 Å². The Morgan fingerprint density at radius 2 is 2.20 bits per heavy atom. The van der Waals surface area contributed by atoms with Crippen molar-refractivity contribution < 1.29 is 9.59 Å². The standard InChI is InChI=1S/C20H17ClN6O3/c1-11-14(20(30)27-19(24-11)12(9-22)10-23-27)8-17(28)25-13-4-5-16(15(21)7-13)26-6-2-3-18(26)29/h4-5,7,10,23H,2-3,6,8H2,1H3,(H,25,28). The average Bonchev–Trinajstić information content (AvgIpc) is 3.31. The van der Waals surface area contributed by atoms with E-state index in [-0.39, 0.29) is 29.1 Å². The minimum Gasteiger partial charge on any atom is -0.326 e. The molecule has 4 rings (SSSR count). The van der Waals surface area contributed by atoms with Crippen LogP contribution in [0.15, 0.2) is 29.2 Å². The number of aromatic nitrogens is 3. The molecule has 0 radical (unpaired) electrons. The van der Waals surface area contributed by atoms with E-state index in [1.807, 2.05) is 6.07 Å². The summed E-state index contributed by atoms with van der Waals surface area (Å²) in [7, 11) is 0. The summed E-state index contributed by atoms with van der Waals surface area (Å²) in [6, 6.07) is 6.89. The number of amides is 2. The smallest absolute Gasteiger partial charge is 0.276 e. The second-order valence-corrected chi connectivity index (χ2v) is 7.39. The van der Waals surface area contributed by atoms with Crippen LogP contribution in [0, 0.1) is 18.3 Å². The molecular formula is C20H17ClN6O3. The fourth-order valence-corrected chi connectivity index (χ4v) is 3.80. The predicted octanol–water partition coefficient (Wildman–Crippen LogP) is 2.16. The molecule has 1 aliphatic rings. The third-order valence-corrected chi connectivity index (χ3v) is 5.32. The topological polar surface area (TPSA) is 123 Å². The molecule has 1 fully saturated rings. The maximum Gasteiger partial charge on any atom is 0.276 e. The summed E-state index contributed by atoms with van der Waals surface area (Å²) in [4.78, 5) is 43.0. The first-order chi connectivity index (χ1) is 14.4. The van der Waals surface area contributed by atoms with E-state index in [4.69, 9.17) is 16.9 Å². The van der Waals surface area contributed by atoms with Gasteiger partial charge in [-0.1, -0.05) is 11.6 Å². The molecule has 30 heavy (non-hydrogen) atoms. The molecule has 1 saturated heterocycles. The van der Waals surface area contributed by atoms with Crippen molar-refractivity contribution in [2.45, 2.75) is 26.2 Å². The van der Waals surface area contributed by atoms with Crippen molar-refractivity contribution in [1.29, 1.82) is 5.26 Å². The Labute approximate surface area is 175 Å². The summed E-state index contributed by atoms with van der Waals surface area (Å²) >= 11 is 6.31. The summed E-state index contributed by atoms with van der Waals surface area (Å²) in [5, 5.41) is 14.8. The summed E-state index contributed by atoms with van der Waals surface area (Å²) < 4.78 is 1.15. The molecule has 152 valence electrons. The van der Waals surface area contributed by atoms with Crippen LogP contribution in [0.25, 0.3) is 5.65 Å². The fraction of sp³-hybridized carbons (Fsp3) is 0.250. The van der Waals surface area contributed by atoms with Crippen LogP contribution in [0.4, 0.5) is 11.4 Å². The van der Waals surface area contributed by atoms with Gasteiger partial charge in [0, 0.05) is 36.1 Å². The van der Waals surface area contributed by atoms with Gasteiger partial charge in [-0.2, -0.15) is 5.26 Å². The van der Waals surface area contributed by atoms with E-state index in [2.05, 4.69) is 15.4 Å². The van der Waals surface area contributed by atoms with Crippen LogP contribution in [-0.4, -0.2) is 33.0 Å². The Balaban J connectivity index is 1.54. The summed E-state index contributed by atoms with van der Waals surface area (Å²) in [6.07, 6.45) is 2.49. The number of H-pyrrole nitrogens is 1. The number of rotatable bonds is 4. The predicted molar refractivity (Wildman–Crippen MR) is 111 cm³/mol. The molecule has 9 nitrogen and oxygen atoms in total. The first-order valence-corrected chi connectivity index (χ1v) is 9.66. The molecule has 10 heteroatoms. The molecule has 0 aliphatic carbocycles. The van der Waals surface area contributed by atoms with E-state index >= 15 is 0 Å². The highest BCUT2D eigenvalue weighted by atomic mass is 35.5. The van der Waals surface area contributed by atoms with Crippen molar-refractivity contribution >= 4 is 40.4 Å². The monoisotopic (exact) mass is 424 g/mol. The number of aromatic amines is 1. The number of hydrogen-bond donors (Lipinski definition) is 2. The minimum absolute atomic E-state index is 0.0244. The number of nitrogens with zero attached hydrogens (tertiary/aromatic N) is 4. The number of aryl methyl sites for hydroxylation is 1. The highest BCUT2D eigenvalue weighted by molar-refractivity contribution is 6.34. The number of carbonyl (C=O) groups excluding carboxylic acids is 2.